The summed E-state index contributed by atoms with van der Waals surface area (Å²) in [6.07, 6.45) is 3.60. The summed E-state index contributed by atoms with van der Waals surface area (Å²) in [6, 6.07) is 3.26. The third-order valence-electron chi connectivity index (χ3n) is 2.83. The number of nitrogens with one attached hydrogen (secondary N) is 1. The molecule has 1 saturated heterocycles. The van der Waals surface area contributed by atoms with Crippen LogP contribution >= 0.6 is 0 Å². The normalized spacial score (nSPS) is 18.6. The zero-order chi connectivity index (χ0) is 15.1. The molecule has 0 spiro atoms. The van der Waals surface area contributed by atoms with Crippen LogP contribution in [0.15, 0.2) is 24.4 Å². The topological polar surface area (TPSA) is 97.8 Å². The molecular weight excluding hydrogens is 276 g/mol. The number of pyridine rings is 1. The minimum Gasteiger partial charge on any atom is -0.478 e. The summed E-state index contributed by atoms with van der Waals surface area (Å²) in [5.74, 6) is -1.47. The lowest BCUT2D eigenvalue weighted by Gasteiger charge is -2.23. The second kappa shape index (κ2) is 7.51. The quantitative estimate of drug-likeness (QED) is 0.759. The van der Waals surface area contributed by atoms with Crippen molar-refractivity contribution in [2.24, 2.45) is 0 Å². The van der Waals surface area contributed by atoms with Gasteiger partial charge in [-0.2, -0.15) is 0 Å². The minimum atomic E-state index is -1.09. The smallest absolute Gasteiger partial charge is 0.328 e. The number of aromatic nitrogens is 1. The van der Waals surface area contributed by atoms with E-state index >= 15 is 0 Å². The Hall–Kier alpha value is -2.25. The molecule has 0 aromatic carbocycles. The maximum absolute atomic E-state index is 12.1. The largest absolute Gasteiger partial charge is 0.478 e. The van der Waals surface area contributed by atoms with Crippen molar-refractivity contribution in [1.82, 2.24) is 10.3 Å². The molecule has 0 radical (unpaired) electrons. The second-order valence-electron chi connectivity index (χ2n) is 4.39. The zero-order valence-corrected chi connectivity index (χ0v) is 11.3. The summed E-state index contributed by atoms with van der Waals surface area (Å²) in [5.41, 5.74) is 0.616. The highest BCUT2D eigenvalue weighted by molar-refractivity contribution is 5.97. The third-order valence-corrected chi connectivity index (χ3v) is 2.83. The van der Waals surface area contributed by atoms with E-state index < -0.39 is 5.97 Å². The van der Waals surface area contributed by atoms with Crippen LogP contribution in [-0.2, 0) is 14.3 Å². The number of ether oxygens (including phenoxy) is 2. The summed E-state index contributed by atoms with van der Waals surface area (Å²) in [7, 11) is 0. The summed E-state index contributed by atoms with van der Waals surface area (Å²) in [5, 5.41) is 11.3. The lowest BCUT2D eigenvalue weighted by molar-refractivity contribution is -0.131. The van der Waals surface area contributed by atoms with Crippen LogP contribution in [0.4, 0.5) is 0 Å². The lowest BCUT2D eigenvalue weighted by atomic mass is 10.1. The van der Waals surface area contributed by atoms with E-state index in [4.69, 9.17) is 14.6 Å². The Bertz CT molecular complexity index is 538. The van der Waals surface area contributed by atoms with Gasteiger partial charge in [0.1, 0.15) is 5.69 Å². The first-order valence-corrected chi connectivity index (χ1v) is 6.50. The summed E-state index contributed by atoms with van der Waals surface area (Å²) >= 11 is 0. The number of hydrogen-bond donors (Lipinski definition) is 2. The molecule has 1 aromatic rings. The Balaban J connectivity index is 1.99. The highest BCUT2D eigenvalue weighted by Gasteiger charge is 2.17. The molecule has 0 saturated carbocycles. The van der Waals surface area contributed by atoms with Crippen molar-refractivity contribution in [3.8, 4) is 0 Å². The molecule has 1 aliphatic heterocycles. The molecule has 2 rings (SSSR count). The summed E-state index contributed by atoms with van der Waals surface area (Å²) < 4.78 is 10.7. The van der Waals surface area contributed by atoms with Gasteiger partial charge in [-0.1, -0.05) is 6.07 Å². The van der Waals surface area contributed by atoms with Crippen molar-refractivity contribution < 1.29 is 24.2 Å². The van der Waals surface area contributed by atoms with Gasteiger partial charge in [-0.05, 0) is 12.1 Å². The van der Waals surface area contributed by atoms with Gasteiger partial charge in [-0.15, -0.1) is 0 Å². The average molecular weight is 292 g/mol. The van der Waals surface area contributed by atoms with Gasteiger partial charge < -0.3 is 19.9 Å². The predicted molar refractivity (Wildman–Crippen MR) is 73.8 cm³/mol. The van der Waals surface area contributed by atoms with Crippen molar-refractivity contribution in [2.45, 2.75) is 6.10 Å². The van der Waals surface area contributed by atoms with Crippen molar-refractivity contribution in [2.75, 3.05) is 26.4 Å². The first-order chi connectivity index (χ1) is 10.2. The number of carbonyl (C=O) groups is 2. The molecule has 2 heterocycles. The van der Waals surface area contributed by atoms with E-state index in [1.807, 2.05) is 0 Å². The second-order valence-corrected chi connectivity index (χ2v) is 4.39. The molecule has 1 aliphatic rings. The van der Waals surface area contributed by atoms with E-state index in [0.717, 1.165) is 6.08 Å². The monoisotopic (exact) mass is 292 g/mol. The lowest BCUT2D eigenvalue weighted by Crippen LogP contribution is -2.40. The highest BCUT2D eigenvalue weighted by atomic mass is 16.6. The van der Waals surface area contributed by atoms with Gasteiger partial charge in [0.15, 0.2) is 0 Å². The molecule has 2 N–H and O–H groups in total. The molecule has 1 unspecified atom stereocenters. The van der Waals surface area contributed by atoms with E-state index in [-0.39, 0.29) is 17.7 Å². The molecule has 1 aromatic heterocycles. The number of hydrogen-bond acceptors (Lipinski definition) is 5. The molecule has 21 heavy (non-hydrogen) atoms. The van der Waals surface area contributed by atoms with Crippen molar-refractivity contribution in [3.63, 3.8) is 0 Å². The van der Waals surface area contributed by atoms with Crippen LogP contribution in [0.25, 0.3) is 6.08 Å². The molecule has 0 aliphatic carbocycles. The average Bonchev–Trinajstić information content (AvgIpc) is 2.52. The fraction of sp³-hybridized carbons (Fsp3) is 0.357. The number of amides is 1. The van der Waals surface area contributed by atoms with Crippen LogP contribution < -0.4 is 5.32 Å². The molecule has 1 atom stereocenters. The van der Waals surface area contributed by atoms with Crippen LogP contribution in [0.2, 0.25) is 0 Å². The Kier molecular flexibility index (Phi) is 5.42. The van der Waals surface area contributed by atoms with Gasteiger partial charge in [0.2, 0.25) is 0 Å². The van der Waals surface area contributed by atoms with Gasteiger partial charge >= 0.3 is 5.97 Å². The van der Waals surface area contributed by atoms with Gasteiger partial charge in [-0.25, -0.2) is 4.79 Å². The Morgan fingerprint density at radius 3 is 3.05 bits per heavy atom. The van der Waals surface area contributed by atoms with Gasteiger partial charge in [0.05, 0.1) is 25.9 Å². The fourth-order valence-corrected chi connectivity index (χ4v) is 1.85. The SMILES string of the molecule is O=C(O)/C=C/c1cccnc1C(=O)NCC1COCCO1. The maximum Gasteiger partial charge on any atom is 0.328 e. The highest BCUT2D eigenvalue weighted by Crippen LogP contribution is 2.08. The fourth-order valence-electron chi connectivity index (χ4n) is 1.85. The Labute approximate surface area is 121 Å². The van der Waals surface area contributed by atoms with E-state index in [0.29, 0.717) is 31.9 Å². The third kappa shape index (κ3) is 4.66. The Morgan fingerprint density at radius 1 is 1.48 bits per heavy atom. The maximum atomic E-state index is 12.1. The molecular formula is C14H16N2O5. The van der Waals surface area contributed by atoms with Crippen LogP contribution in [0, 0.1) is 0 Å². The zero-order valence-electron chi connectivity index (χ0n) is 11.3. The number of nitrogens with zero attached hydrogens (tertiary/aromatic N) is 1. The summed E-state index contributed by atoms with van der Waals surface area (Å²) in [6.45, 7) is 1.83. The van der Waals surface area contributed by atoms with Crippen LogP contribution in [0.5, 0.6) is 0 Å². The minimum absolute atomic E-state index is 0.173. The summed E-state index contributed by atoms with van der Waals surface area (Å²) in [4.78, 5) is 26.6. The van der Waals surface area contributed by atoms with E-state index in [1.54, 1.807) is 12.1 Å². The molecule has 1 fully saturated rings. The van der Waals surface area contributed by atoms with Crippen LogP contribution in [-0.4, -0.2) is 54.4 Å². The van der Waals surface area contributed by atoms with Crippen molar-refractivity contribution >= 4 is 18.0 Å². The van der Waals surface area contributed by atoms with E-state index in [1.165, 1.54) is 12.3 Å². The first kappa shape index (κ1) is 15.1. The number of carbonyl (C=O) groups excluding carboxylic acids is 1. The predicted octanol–water partition coefficient (Wildman–Crippen LogP) is 0.325. The molecule has 0 bridgehead atoms. The van der Waals surface area contributed by atoms with Gasteiger partial charge in [0.25, 0.3) is 5.91 Å². The molecule has 7 heteroatoms. The van der Waals surface area contributed by atoms with Crippen molar-refractivity contribution in [3.05, 3.63) is 35.7 Å². The van der Waals surface area contributed by atoms with Crippen LogP contribution in [0.1, 0.15) is 16.1 Å². The number of carboxylic acids is 1. The number of carboxylic acid groups (broad SMARTS) is 1. The number of rotatable bonds is 5. The standard InChI is InChI=1S/C14H16N2O5/c17-12(18)4-3-10-2-1-5-15-13(10)14(19)16-8-11-9-20-6-7-21-11/h1-5,11H,6-9H2,(H,16,19)(H,17,18)/b4-3+. The van der Waals surface area contributed by atoms with Gasteiger partial charge in [-0.3, -0.25) is 9.78 Å². The van der Waals surface area contributed by atoms with Crippen molar-refractivity contribution in [1.29, 1.82) is 0 Å². The Morgan fingerprint density at radius 2 is 2.33 bits per heavy atom. The molecule has 112 valence electrons. The van der Waals surface area contributed by atoms with E-state index in [2.05, 4.69) is 10.3 Å². The number of aliphatic carboxylic acids is 1. The first-order valence-electron chi connectivity index (χ1n) is 6.50. The molecule has 1 amide bonds. The van der Waals surface area contributed by atoms with Gasteiger partial charge in [0, 0.05) is 24.4 Å². The molecule has 7 nitrogen and oxygen atoms in total. The van der Waals surface area contributed by atoms with E-state index in [9.17, 15) is 9.59 Å². The van der Waals surface area contributed by atoms with Crippen LogP contribution in [0.3, 0.4) is 0 Å².